The summed E-state index contributed by atoms with van der Waals surface area (Å²) in [5, 5.41) is 0. The number of piperidine rings is 1. The minimum Gasteiger partial charge on any atom is -0.489 e. The number of ether oxygens (including phenoxy) is 4. The molecule has 45 heavy (non-hydrogen) atoms. The Morgan fingerprint density at radius 2 is 1.47 bits per heavy atom. The number of aromatic nitrogens is 1. The first-order valence-electron chi connectivity index (χ1n) is 15.7. The lowest BCUT2D eigenvalue weighted by Gasteiger charge is -2.37. The number of benzene rings is 3. The second kappa shape index (κ2) is 13.5. The van der Waals surface area contributed by atoms with Gasteiger partial charge in [0.1, 0.15) is 36.9 Å². The molecule has 0 unspecified atom stereocenters. The Morgan fingerprint density at radius 1 is 0.800 bits per heavy atom. The predicted molar refractivity (Wildman–Crippen MR) is 175 cm³/mol. The molecule has 0 aliphatic carbocycles. The van der Waals surface area contributed by atoms with E-state index in [1.54, 1.807) is 0 Å². The molecule has 2 aliphatic rings. The molecule has 1 fully saturated rings. The van der Waals surface area contributed by atoms with Gasteiger partial charge >= 0.3 is 6.09 Å². The Hall–Kier alpha value is -4.72. The van der Waals surface area contributed by atoms with E-state index in [-0.39, 0.29) is 12.0 Å². The summed E-state index contributed by atoms with van der Waals surface area (Å²) < 4.78 is 24.4. The Morgan fingerprint density at radius 3 is 2.13 bits per heavy atom. The highest BCUT2D eigenvalue weighted by Gasteiger charge is 2.32. The van der Waals surface area contributed by atoms with Gasteiger partial charge in [-0.15, -0.1) is 0 Å². The first-order chi connectivity index (χ1) is 21.8. The lowest BCUT2D eigenvalue weighted by Crippen LogP contribution is -2.41. The summed E-state index contributed by atoms with van der Waals surface area (Å²) in [4.78, 5) is 21.5. The lowest BCUT2D eigenvalue weighted by molar-refractivity contribution is 0.0204. The Bertz CT molecular complexity index is 1580. The minimum absolute atomic E-state index is 0.245. The summed E-state index contributed by atoms with van der Waals surface area (Å²) in [6.07, 6.45) is 1.45. The average molecular weight is 608 g/mol. The maximum absolute atomic E-state index is 12.6. The minimum atomic E-state index is -0.505. The predicted octanol–water partition coefficient (Wildman–Crippen LogP) is 7.88. The van der Waals surface area contributed by atoms with Crippen molar-refractivity contribution in [3.63, 3.8) is 0 Å². The second-order valence-corrected chi connectivity index (χ2v) is 12.5. The third-order valence-electron chi connectivity index (χ3n) is 8.02. The number of rotatable bonds is 8. The smallest absolute Gasteiger partial charge is 0.410 e. The fourth-order valence-electron chi connectivity index (χ4n) is 5.81. The number of anilines is 2. The molecule has 0 saturated carbocycles. The molecule has 234 valence electrons. The maximum atomic E-state index is 12.6. The molecule has 8 nitrogen and oxygen atoms in total. The summed E-state index contributed by atoms with van der Waals surface area (Å²) in [7, 11) is 0. The second-order valence-electron chi connectivity index (χ2n) is 12.5. The van der Waals surface area contributed by atoms with Gasteiger partial charge < -0.3 is 28.7 Å². The van der Waals surface area contributed by atoms with Crippen LogP contribution >= 0.6 is 0 Å². The van der Waals surface area contributed by atoms with E-state index >= 15 is 0 Å². The number of carbonyl (C=O) groups excluding carboxylic acids is 1. The molecule has 0 N–H and O–H groups in total. The Balaban J connectivity index is 1.24. The highest BCUT2D eigenvalue weighted by Crippen LogP contribution is 2.46. The van der Waals surface area contributed by atoms with E-state index in [0.29, 0.717) is 51.2 Å². The van der Waals surface area contributed by atoms with E-state index in [4.69, 9.17) is 23.9 Å². The van der Waals surface area contributed by atoms with E-state index in [2.05, 4.69) is 23.1 Å². The molecule has 0 radical (unpaired) electrons. The molecule has 3 heterocycles. The van der Waals surface area contributed by atoms with Gasteiger partial charge in [0.15, 0.2) is 0 Å². The van der Waals surface area contributed by atoms with Gasteiger partial charge in [0.25, 0.3) is 0 Å². The quantitative estimate of drug-likeness (QED) is 0.202. The van der Waals surface area contributed by atoms with E-state index < -0.39 is 5.60 Å². The van der Waals surface area contributed by atoms with Crippen LogP contribution in [0, 0.1) is 0 Å². The molecule has 4 aromatic rings. The largest absolute Gasteiger partial charge is 0.489 e. The van der Waals surface area contributed by atoms with E-state index in [9.17, 15) is 4.79 Å². The third kappa shape index (κ3) is 7.51. The number of para-hydroxylation sites is 1. The summed E-state index contributed by atoms with van der Waals surface area (Å²) in [5.41, 5.74) is 4.64. The van der Waals surface area contributed by atoms with Crippen molar-refractivity contribution >= 4 is 17.5 Å². The van der Waals surface area contributed by atoms with E-state index in [0.717, 1.165) is 41.1 Å². The van der Waals surface area contributed by atoms with E-state index in [1.807, 2.05) is 98.5 Å². The molecular weight excluding hydrogens is 566 g/mol. The molecule has 6 rings (SSSR count). The van der Waals surface area contributed by atoms with Gasteiger partial charge in [0.2, 0.25) is 11.8 Å². The van der Waals surface area contributed by atoms with Crippen LogP contribution in [0.25, 0.3) is 0 Å². The molecule has 2 aliphatic heterocycles. The number of fused-ring (bicyclic) bond motifs is 1. The molecule has 0 atom stereocenters. The highest BCUT2D eigenvalue weighted by molar-refractivity contribution is 5.75. The van der Waals surface area contributed by atoms with Crippen LogP contribution in [0.15, 0.2) is 91.0 Å². The third-order valence-corrected chi connectivity index (χ3v) is 8.02. The zero-order valence-corrected chi connectivity index (χ0v) is 26.3. The van der Waals surface area contributed by atoms with Crippen LogP contribution < -0.4 is 19.1 Å². The van der Waals surface area contributed by atoms with Crippen molar-refractivity contribution in [3.8, 4) is 17.5 Å². The number of amides is 1. The average Bonchev–Trinajstić information content (AvgIpc) is 3.06. The monoisotopic (exact) mass is 607 g/mol. The molecule has 1 saturated heterocycles. The summed E-state index contributed by atoms with van der Waals surface area (Å²) in [6, 6.07) is 30.4. The molecular formula is C37H41N3O5. The van der Waals surface area contributed by atoms with Crippen molar-refractivity contribution in [3.05, 3.63) is 108 Å². The summed E-state index contributed by atoms with van der Waals surface area (Å²) >= 11 is 0. The van der Waals surface area contributed by atoms with E-state index in [1.165, 1.54) is 5.56 Å². The van der Waals surface area contributed by atoms with Gasteiger partial charge in [-0.3, -0.25) is 0 Å². The molecule has 3 aromatic carbocycles. The molecule has 0 bridgehead atoms. The van der Waals surface area contributed by atoms with Gasteiger partial charge in [-0.2, -0.15) is 4.98 Å². The van der Waals surface area contributed by atoms with Crippen LogP contribution in [-0.2, 0) is 18.0 Å². The van der Waals surface area contributed by atoms with Crippen LogP contribution in [0.1, 0.15) is 56.2 Å². The van der Waals surface area contributed by atoms with Crippen LogP contribution in [-0.4, -0.2) is 47.8 Å². The van der Waals surface area contributed by atoms with Crippen LogP contribution in [0.5, 0.6) is 17.5 Å². The fourth-order valence-corrected chi connectivity index (χ4v) is 5.81. The maximum Gasteiger partial charge on any atom is 0.410 e. The van der Waals surface area contributed by atoms with Crippen molar-refractivity contribution in [1.29, 1.82) is 0 Å². The van der Waals surface area contributed by atoms with Crippen molar-refractivity contribution < 1.29 is 23.7 Å². The highest BCUT2D eigenvalue weighted by atomic mass is 16.6. The zero-order chi connectivity index (χ0) is 31.2. The van der Waals surface area contributed by atoms with Crippen LogP contribution in [0.2, 0.25) is 0 Å². The van der Waals surface area contributed by atoms with Gasteiger partial charge in [-0.25, -0.2) is 4.79 Å². The lowest BCUT2D eigenvalue weighted by atomic mass is 9.88. The molecule has 1 amide bonds. The summed E-state index contributed by atoms with van der Waals surface area (Å²) in [5.74, 6) is 2.18. The number of hydrogen-bond donors (Lipinski definition) is 0. The Kier molecular flexibility index (Phi) is 9.10. The first kappa shape index (κ1) is 30.3. The molecule has 1 aromatic heterocycles. The summed E-state index contributed by atoms with van der Waals surface area (Å²) in [6.45, 7) is 8.99. The SMILES string of the molecule is CC(C)(C)OC(=O)N1CCC(c2cccc3c2OCCN3c2ccc(OCc3ccccc3)nc2OCc2ccccc2)CC1. The van der Waals surface area contributed by atoms with Crippen molar-refractivity contribution in [2.45, 2.75) is 58.3 Å². The van der Waals surface area contributed by atoms with Gasteiger partial charge in [0, 0.05) is 19.2 Å². The number of pyridine rings is 1. The normalized spacial score (nSPS) is 15.2. The fraction of sp³-hybridized carbons (Fsp3) is 0.351. The van der Waals surface area contributed by atoms with Gasteiger partial charge in [-0.1, -0.05) is 72.8 Å². The van der Waals surface area contributed by atoms with Crippen molar-refractivity contribution in [2.75, 3.05) is 31.1 Å². The van der Waals surface area contributed by atoms with Gasteiger partial charge in [-0.05, 0) is 68.4 Å². The number of nitrogens with zero attached hydrogens (tertiary/aromatic N) is 3. The number of hydrogen-bond acceptors (Lipinski definition) is 7. The van der Waals surface area contributed by atoms with Crippen LogP contribution in [0.4, 0.5) is 16.2 Å². The van der Waals surface area contributed by atoms with Crippen molar-refractivity contribution in [1.82, 2.24) is 9.88 Å². The topological polar surface area (TPSA) is 73.4 Å². The number of likely N-dealkylation sites (tertiary alicyclic amines) is 1. The van der Waals surface area contributed by atoms with Crippen molar-refractivity contribution in [2.24, 2.45) is 0 Å². The van der Waals surface area contributed by atoms with Gasteiger partial charge in [0.05, 0.1) is 12.2 Å². The Labute approximate surface area is 265 Å². The molecule has 8 heteroatoms. The standard InChI is InChI=1S/C37H41N3O5/c1-37(2,3)45-36(41)39-21-19-29(20-22-39)30-15-10-16-31-34(30)42-24-23-40(31)32-17-18-33(43-25-27-11-6-4-7-12-27)38-35(32)44-26-28-13-8-5-9-14-28/h4-18,29H,19-26H2,1-3H3. The number of carbonyl (C=O) groups is 1. The zero-order valence-electron chi connectivity index (χ0n) is 26.3. The first-order valence-corrected chi connectivity index (χ1v) is 15.7. The van der Waals surface area contributed by atoms with Crippen LogP contribution in [0.3, 0.4) is 0 Å². The molecule has 0 spiro atoms.